The van der Waals surface area contributed by atoms with Crippen LogP contribution in [0.3, 0.4) is 0 Å². The molecule has 8 heteroatoms. The fraction of sp³-hybridized carbons (Fsp3) is 0.292. The Hall–Kier alpha value is -3.19. The molecule has 6 nitrogen and oxygen atoms in total. The van der Waals surface area contributed by atoms with Crippen molar-refractivity contribution in [3.8, 4) is 11.4 Å². The van der Waals surface area contributed by atoms with Crippen LogP contribution in [0.5, 0.6) is 0 Å². The molecule has 0 saturated carbocycles. The van der Waals surface area contributed by atoms with E-state index < -0.39 is 6.04 Å². The Morgan fingerprint density at radius 2 is 1.97 bits per heavy atom. The molecule has 2 amide bonds. The van der Waals surface area contributed by atoms with Gasteiger partial charge in [-0.1, -0.05) is 48.7 Å². The predicted molar refractivity (Wildman–Crippen MR) is 121 cm³/mol. The highest BCUT2D eigenvalue weighted by Gasteiger charge is 2.35. The molecule has 1 atom stereocenters. The average Bonchev–Trinajstić information content (AvgIpc) is 3.26. The molecule has 0 fully saturated rings. The van der Waals surface area contributed by atoms with Crippen molar-refractivity contribution in [2.45, 2.75) is 39.2 Å². The molecule has 1 aromatic heterocycles. The normalized spacial score (nSPS) is 16.4. The van der Waals surface area contributed by atoms with Crippen molar-refractivity contribution < 1.29 is 13.7 Å². The van der Waals surface area contributed by atoms with Gasteiger partial charge in [0.1, 0.15) is 5.82 Å². The van der Waals surface area contributed by atoms with E-state index in [1.54, 1.807) is 23.1 Å². The highest BCUT2D eigenvalue weighted by Crippen LogP contribution is 2.38. The SMILES string of the molecule is CCCCCN1C(=O)NC(c2cccc(Cl)c2)C(c2nc(-c3ccc(F)cc3)no2)=C1C. The van der Waals surface area contributed by atoms with Gasteiger partial charge < -0.3 is 9.84 Å². The molecule has 166 valence electrons. The van der Waals surface area contributed by atoms with E-state index in [-0.39, 0.29) is 11.8 Å². The van der Waals surface area contributed by atoms with Crippen LogP contribution in [0.1, 0.15) is 50.6 Å². The number of nitrogens with zero attached hydrogens (tertiary/aromatic N) is 3. The fourth-order valence-corrected chi connectivity index (χ4v) is 4.03. The van der Waals surface area contributed by atoms with Crippen LogP contribution in [0.2, 0.25) is 5.02 Å². The number of hydrogen-bond donors (Lipinski definition) is 1. The molecule has 32 heavy (non-hydrogen) atoms. The first-order valence-corrected chi connectivity index (χ1v) is 11.0. The summed E-state index contributed by atoms with van der Waals surface area (Å²) < 4.78 is 18.9. The van der Waals surface area contributed by atoms with E-state index in [1.807, 2.05) is 25.1 Å². The maximum absolute atomic E-state index is 13.3. The van der Waals surface area contributed by atoms with Crippen LogP contribution in [-0.2, 0) is 0 Å². The van der Waals surface area contributed by atoms with Crippen molar-refractivity contribution in [1.29, 1.82) is 0 Å². The van der Waals surface area contributed by atoms with Crippen molar-refractivity contribution in [2.24, 2.45) is 0 Å². The number of nitrogens with one attached hydrogen (secondary N) is 1. The number of aromatic nitrogens is 2. The van der Waals surface area contributed by atoms with Gasteiger partial charge in [-0.25, -0.2) is 9.18 Å². The zero-order chi connectivity index (χ0) is 22.7. The van der Waals surface area contributed by atoms with Crippen molar-refractivity contribution in [3.63, 3.8) is 0 Å². The minimum atomic E-state index is -0.495. The number of benzene rings is 2. The van der Waals surface area contributed by atoms with Gasteiger partial charge in [-0.05, 0) is 55.3 Å². The minimum absolute atomic E-state index is 0.175. The Morgan fingerprint density at radius 1 is 1.19 bits per heavy atom. The van der Waals surface area contributed by atoms with Gasteiger partial charge in [0.05, 0.1) is 11.6 Å². The molecule has 1 unspecified atom stereocenters. The minimum Gasteiger partial charge on any atom is -0.334 e. The van der Waals surface area contributed by atoms with Crippen molar-refractivity contribution >= 4 is 23.2 Å². The molecule has 1 aliphatic heterocycles. The van der Waals surface area contributed by atoms with E-state index in [9.17, 15) is 9.18 Å². The van der Waals surface area contributed by atoms with E-state index in [1.165, 1.54) is 12.1 Å². The average molecular weight is 455 g/mol. The Balaban J connectivity index is 1.77. The van der Waals surface area contributed by atoms with Gasteiger partial charge in [0.25, 0.3) is 5.89 Å². The third-order valence-corrected chi connectivity index (χ3v) is 5.76. The molecule has 0 saturated heterocycles. The van der Waals surface area contributed by atoms with E-state index in [4.69, 9.17) is 16.1 Å². The Bertz CT molecular complexity index is 1140. The van der Waals surface area contributed by atoms with Crippen LogP contribution >= 0.6 is 11.6 Å². The highest BCUT2D eigenvalue weighted by atomic mass is 35.5. The second-order valence-electron chi connectivity index (χ2n) is 7.73. The lowest BCUT2D eigenvalue weighted by Gasteiger charge is -2.35. The van der Waals surface area contributed by atoms with Crippen LogP contribution in [0.15, 0.2) is 58.8 Å². The fourth-order valence-electron chi connectivity index (χ4n) is 3.83. The lowest BCUT2D eigenvalue weighted by molar-refractivity contribution is 0.204. The summed E-state index contributed by atoms with van der Waals surface area (Å²) in [6.07, 6.45) is 2.97. The van der Waals surface area contributed by atoms with Crippen LogP contribution in [0.4, 0.5) is 9.18 Å². The largest absolute Gasteiger partial charge is 0.334 e. The Labute approximate surface area is 191 Å². The molecule has 0 bridgehead atoms. The summed E-state index contributed by atoms with van der Waals surface area (Å²) in [4.78, 5) is 19.2. The molecule has 0 spiro atoms. The lowest BCUT2D eigenvalue weighted by Crippen LogP contribution is -2.46. The molecule has 2 aromatic carbocycles. The van der Waals surface area contributed by atoms with Crippen molar-refractivity contribution in [1.82, 2.24) is 20.4 Å². The number of unbranched alkanes of at least 4 members (excludes halogenated alkanes) is 2. The number of rotatable bonds is 7. The maximum atomic E-state index is 13.3. The summed E-state index contributed by atoms with van der Waals surface area (Å²) in [5.41, 5.74) is 2.92. The number of hydrogen-bond acceptors (Lipinski definition) is 4. The molecule has 1 N–H and O–H groups in total. The van der Waals surface area contributed by atoms with Gasteiger partial charge in [0.15, 0.2) is 0 Å². The number of urea groups is 1. The zero-order valence-electron chi connectivity index (χ0n) is 17.9. The predicted octanol–water partition coefficient (Wildman–Crippen LogP) is 6.22. The maximum Gasteiger partial charge on any atom is 0.322 e. The van der Waals surface area contributed by atoms with E-state index >= 15 is 0 Å². The summed E-state index contributed by atoms with van der Waals surface area (Å²) in [7, 11) is 0. The van der Waals surface area contributed by atoms with Gasteiger partial charge in [-0.15, -0.1) is 0 Å². The van der Waals surface area contributed by atoms with Crippen molar-refractivity contribution in [2.75, 3.05) is 6.54 Å². The molecule has 0 radical (unpaired) electrons. The molecule has 2 heterocycles. The second kappa shape index (κ2) is 9.53. The van der Waals surface area contributed by atoms with E-state index in [0.29, 0.717) is 34.4 Å². The smallest absolute Gasteiger partial charge is 0.322 e. The van der Waals surface area contributed by atoms with Crippen molar-refractivity contribution in [3.05, 3.63) is 76.5 Å². The van der Waals surface area contributed by atoms with Gasteiger partial charge >= 0.3 is 6.03 Å². The summed E-state index contributed by atoms with van der Waals surface area (Å²) >= 11 is 6.22. The lowest BCUT2D eigenvalue weighted by atomic mass is 9.94. The van der Waals surface area contributed by atoms with Crippen LogP contribution in [0.25, 0.3) is 17.0 Å². The molecule has 3 aromatic rings. The third kappa shape index (κ3) is 4.53. The second-order valence-corrected chi connectivity index (χ2v) is 8.16. The monoisotopic (exact) mass is 454 g/mol. The molecular weight excluding hydrogens is 431 g/mol. The van der Waals surface area contributed by atoms with Crippen LogP contribution in [-0.4, -0.2) is 27.6 Å². The molecular formula is C24H24ClFN4O2. The van der Waals surface area contributed by atoms with Gasteiger partial charge in [-0.3, -0.25) is 4.90 Å². The Morgan fingerprint density at radius 3 is 2.69 bits per heavy atom. The van der Waals surface area contributed by atoms with E-state index in [0.717, 1.165) is 30.5 Å². The standard InChI is InChI=1S/C24H24ClFN4O2/c1-3-4-5-13-30-15(2)20(21(27-24(30)31)17-7-6-8-18(25)14-17)23-28-22(29-32-23)16-9-11-19(26)12-10-16/h6-12,14,21H,3-5,13H2,1-2H3,(H,27,31). The Kier molecular flexibility index (Phi) is 6.55. The summed E-state index contributed by atoms with van der Waals surface area (Å²) in [6.45, 7) is 4.60. The molecule has 4 rings (SSSR count). The zero-order valence-corrected chi connectivity index (χ0v) is 18.7. The van der Waals surface area contributed by atoms with Gasteiger partial charge in [0, 0.05) is 22.8 Å². The summed E-state index contributed by atoms with van der Waals surface area (Å²) in [5.74, 6) is 0.307. The van der Waals surface area contributed by atoms with Crippen LogP contribution < -0.4 is 5.32 Å². The summed E-state index contributed by atoms with van der Waals surface area (Å²) in [6, 6.07) is 12.5. The summed E-state index contributed by atoms with van der Waals surface area (Å²) in [5, 5.41) is 7.72. The topological polar surface area (TPSA) is 71.3 Å². The first kappa shape index (κ1) is 22.0. The molecule has 0 aliphatic carbocycles. The first-order valence-electron chi connectivity index (χ1n) is 10.6. The third-order valence-electron chi connectivity index (χ3n) is 5.52. The van der Waals surface area contributed by atoms with E-state index in [2.05, 4.69) is 22.4 Å². The number of carbonyl (C=O) groups is 1. The number of allylic oxidation sites excluding steroid dienone is 1. The first-order chi connectivity index (χ1) is 15.5. The molecule has 1 aliphatic rings. The quantitative estimate of drug-likeness (QED) is 0.430. The highest BCUT2D eigenvalue weighted by molar-refractivity contribution is 6.30. The number of halogens is 2. The van der Waals surface area contributed by atoms with Gasteiger partial charge in [-0.2, -0.15) is 4.98 Å². The number of carbonyl (C=O) groups excluding carboxylic acids is 1. The van der Waals surface area contributed by atoms with Crippen LogP contribution in [0, 0.1) is 5.82 Å². The van der Waals surface area contributed by atoms with Gasteiger partial charge in [0.2, 0.25) is 5.82 Å². The number of amides is 2.